The van der Waals surface area contributed by atoms with E-state index in [4.69, 9.17) is 0 Å². The lowest BCUT2D eigenvalue weighted by molar-refractivity contribution is -0.120. The summed E-state index contributed by atoms with van der Waals surface area (Å²) in [4.78, 5) is 11.8. The summed E-state index contributed by atoms with van der Waals surface area (Å²) in [5.41, 5.74) is 0.792. The lowest BCUT2D eigenvalue weighted by Gasteiger charge is -2.23. The Morgan fingerprint density at radius 3 is 2.74 bits per heavy atom. The topological polar surface area (TPSA) is 41.1 Å². The SMILES string of the molecule is O=C(CNc1ccc(F)cc1I)NC1CCCCC1. The first-order valence-electron chi connectivity index (χ1n) is 6.63. The first-order valence-corrected chi connectivity index (χ1v) is 7.71. The van der Waals surface area contributed by atoms with Gasteiger partial charge in [-0.1, -0.05) is 19.3 Å². The maximum absolute atomic E-state index is 12.9. The van der Waals surface area contributed by atoms with Crippen molar-refractivity contribution in [3.63, 3.8) is 0 Å². The van der Waals surface area contributed by atoms with E-state index >= 15 is 0 Å². The van der Waals surface area contributed by atoms with Crippen LogP contribution in [0, 0.1) is 9.39 Å². The predicted molar refractivity (Wildman–Crippen MR) is 82.6 cm³/mol. The Hall–Kier alpha value is -0.850. The van der Waals surface area contributed by atoms with Crippen molar-refractivity contribution in [3.8, 4) is 0 Å². The molecule has 0 bridgehead atoms. The van der Waals surface area contributed by atoms with E-state index in [2.05, 4.69) is 33.2 Å². The molecule has 0 heterocycles. The Balaban J connectivity index is 1.79. The normalized spacial score (nSPS) is 16.1. The van der Waals surface area contributed by atoms with Crippen LogP contribution >= 0.6 is 22.6 Å². The summed E-state index contributed by atoms with van der Waals surface area (Å²) in [6.45, 7) is 0.234. The van der Waals surface area contributed by atoms with Gasteiger partial charge in [-0.25, -0.2) is 4.39 Å². The molecule has 1 aliphatic rings. The molecule has 0 radical (unpaired) electrons. The van der Waals surface area contributed by atoms with Crippen LogP contribution in [-0.4, -0.2) is 18.5 Å². The number of carbonyl (C=O) groups excluding carboxylic acids is 1. The van der Waals surface area contributed by atoms with E-state index in [1.54, 1.807) is 6.07 Å². The third-order valence-electron chi connectivity index (χ3n) is 3.34. The molecule has 0 saturated heterocycles. The molecule has 1 aromatic rings. The van der Waals surface area contributed by atoms with Gasteiger partial charge in [0.2, 0.25) is 5.91 Å². The number of nitrogens with one attached hydrogen (secondary N) is 2. The van der Waals surface area contributed by atoms with Crippen LogP contribution < -0.4 is 10.6 Å². The van der Waals surface area contributed by atoms with Crippen LogP contribution in [-0.2, 0) is 4.79 Å². The van der Waals surface area contributed by atoms with E-state index in [9.17, 15) is 9.18 Å². The summed E-state index contributed by atoms with van der Waals surface area (Å²) >= 11 is 2.05. The van der Waals surface area contributed by atoms with Gasteiger partial charge in [0, 0.05) is 15.3 Å². The highest BCUT2D eigenvalue weighted by molar-refractivity contribution is 14.1. The molecule has 1 aromatic carbocycles. The van der Waals surface area contributed by atoms with E-state index < -0.39 is 0 Å². The molecule has 3 nitrogen and oxygen atoms in total. The molecule has 0 aromatic heterocycles. The molecule has 19 heavy (non-hydrogen) atoms. The Morgan fingerprint density at radius 1 is 1.32 bits per heavy atom. The molecule has 1 fully saturated rings. The lowest BCUT2D eigenvalue weighted by atomic mass is 9.95. The van der Waals surface area contributed by atoms with E-state index in [-0.39, 0.29) is 18.3 Å². The van der Waals surface area contributed by atoms with Gasteiger partial charge in [0.1, 0.15) is 5.82 Å². The molecule has 0 spiro atoms. The van der Waals surface area contributed by atoms with Crippen molar-refractivity contribution in [2.24, 2.45) is 0 Å². The second-order valence-electron chi connectivity index (χ2n) is 4.88. The third-order valence-corrected chi connectivity index (χ3v) is 4.23. The summed E-state index contributed by atoms with van der Waals surface area (Å²) in [7, 11) is 0. The van der Waals surface area contributed by atoms with Crippen LogP contribution in [0.1, 0.15) is 32.1 Å². The Bertz CT molecular complexity index is 447. The quantitative estimate of drug-likeness (QED) is 0.792. The van der Waals surface area contributed by atoms with Crippen LogP contribution in [0.15, 0.2) is 18.2 Å². The van der Waals surface area contributed by atoms with Gasteiger partial charge in [-0.05, 0) is 53.6 Å². The van der Waals surface area contributed by atoms with Crippen molar-refractivity contribution in [3.05, 3.63) is 27.6 Å². The van der Waals surface area contributed by atoms with Gasteiger partial charge in [0.05, 0.1) is 6.54 Å². The van der Waals surface area contributed by atoms with E-state index in [0.717, 1.165) is 22.1 Å². The number of rotatable bonds is 4. The van der Waals surface area contributed by atoms with Crippen LogP contribution in [0.4, 0.5) is 10.1 Å². The Morgan fingerprint density at radius 2 is 2.05 bits per heavy atom. The van der Waals surface area contributed by atoms with Gasteiger partial charge >= 0.3 is 0 Å². The minimum absolute atomic E-state index is 0.00650. The minimum atomic E-state index is -0.262. The predicted octanol–water partition coefficient (Wildman–Crippen LogP) is 3.29. The molecule has 0 aliphatic heterocycles. The highest BCUT2D eigenvalue weighted by Gasteiger charge is 2.15. The molecule has 104 valence electrons. The number of anilines is 1. The third kappa shape index (κ3) is 4.63. The average Bonchev–Trinajstić information content (AvgIpc) is 2.39. The summed E-state index contributed by atoms with van der Waals surface area (Å²) < 4.78 is 13.7. The molecule has 2 rings (SSSR count). The first kappa shape index (κ1) is 14.6. The zero-order valence-electron chi connectivity index (χ0n) is 10.7. The van der Waals surface area contributed by atoms with Crippen LogP contribution in [0.25, 0.3) is 0 Å². The zero-order valence-corrected chi connectivity index (χ0v) is 12.9. The summed E-state index contributed by atoms with van der Waals surface area (Å²) in [6, 6.07) is 4.83. The summed E-state index contributed by atoms with van der Waals surface area (Å²) in [5, 5.41) is 6.09. The summed E-state index contributed by atoms with van der Waals surface area (Å²) in [5.74, 6) is -0.256. The fourth-order valence-electron chi connectivity index (χ4n) is 2.33. The first-order chi connectivity index (χ1) is 9.15. The molecular weight excluding hydrogens is 358 g/mol. The molecule has 2 N–H and O–H groups in total. The highest BCUT2D eigenvalue weighted by atomic mass is 127. The van der Waals surface area contributed by atoms with E-state index in [0.29, 0.717) is 6.04 Å². The van der Waals surface area contributed by atoms with Gasteiger partial charge in [-0.2, -0.15) is 0 Å². The van der Waals surface area contributed by atoms with Crippen LogP contribution in [0.5, 0.6) is 0 Å². The molecular formula is C14H18FIN2O. The smallest absolute Gasteiger partial charge is 0.239 e. The van der Waals surface area contributed by atoms with Crippen molar-refractivity contribution >= 4 is 34.2 Å². The van der Waals surface area contributed by atoms with Crippen molar-refractivity contribution < 1.29 is 9.18 Å². The van der Waals surface area contributed by atoms with Crippen molar-refractivity contribution in [1.82, 2.24) is 5.32 Å². The number of amides is 1. The van der Waals surface area contributed by atoms with Gasteiger partial charge in [-0.15, -0.1) is 0 Å². The number of halogens is 2. The van der Waals surface area contributed by atoms with Crippen molar-refractivity contribution in [1.29, 1.82) is 0 Å². The average molecular weight is 376 g/mol. The lowest BCUT2D eigenvalue weighted by Crippen LogP contribution is -2.39. The standard InChI is InChI=1S/C14H18FIN2O/c15-10-6-7-13(12(16)8-10)17-9-14(19)18-11-4-2-1-3-5-11/h6-8,11,17H,1-5,9H2,(H,18,19). The molecule has 1 amide bonds. The van der Waals surface area contributed by atoms with Gasteiger partial charge < -0.3 is 10.6 Å². The van der Waals surface area contributed by atoms with Crippen LogP contribution in [0.3, 0.4) is 0 Å². The molecule has 1 aliphatic carbocycles. The molecule has 1 saturated carbocycles. The van der Waals surface area contributed by atoms with E-state index in [1.807, 2.05) is 0 Å². The maximum atomic E-state index is 12.9. The van der Waals surface area contributed by atoms with E-state index in [1.165, 1.54) is 31.4 Å². The van der Waals surface area contributed by atoms with Crippen molar-refractivity contribution in [2.45, 2.75) is 38.1 Å². The van der Waals surface area contributed by atoms with Gasteiger partial charge in [-0.3, -0.25) is 4.79 Å². The van der Waals surface area contributed by atoms with Crippen molar-refractivity contribution in [2.75, 3.05) is 11.9 Å². The van der Waals surface area contributed by atoms with Gasteiger partial charge in [0.15, 0.2) is 0 Å². The number of hydrogen-bond donors (Lipinski definition) is 2. The van der Waals surface area contributed by atoms with Crippen LogP contribution in [0.2, 0.25) is 0 Å². The maximum Gasteiger partial charge on any atom is 0.239 e. The molecule has 0 atom stereocenters. The fraction of sp³-hybridized carbons (Fsp3) is 0.500. The number of benzene rings is 1. The second kappa shape index (κ2) is 7.07. The number of hydrogen-bond acceptors (Lipinski definition) is 2. The largest absolute Gasteiger partial charge is 0.375 e. The van der Waals surface area contributed by atoms with Gasteiger partial charge in [0.25, 0.3) is 0 Å². The number of carbonyl (C=O) groups is 1. The molecule has 0 unspecified atom stereocenters. The highest BCUT2D eigenvalue weighted by Crippen LogP contribution is 2.19. The fourth-order valence-corrected chi connectivity index (χ4v) is 3.00. The monoisotopic (exact) mass is 376 g/mol. The second-order valence-corrected chi connectivity index (χ2v) is 6.04. The summed E-state index contributed by atoms with van der Waals surface area (Å²) in [6.07, 6.45) is 5.85. The zero-order chi connectivity index (χ0) is 13.7. The minimum Gasteiger partial charge on any atom is -0.375 e. The Labute approximate surface area is 126 Å². The Kier molecular flexibility index (Phi) is 5.42. The molecule has 5 heteroatoms.